The van der Waals surface area contributed by atoms with Gasteiger partial charge in [0.2, 0.25) is 0 Å². The Kier molecular flexibility index (Phi) is 3.61. The van der Waals surface area contributed by atoms with Gasteiger partial charge >= 0.3 is 0 Å². The van der Waals surface area contributed by atoms with Gasteiger partial charge in [-0.1, -0.05) is 24.3 Å². The summed E-state index contributed by atoms with van der Waals surface area (Å²) in [5, 5.41) is 0. The summed E-state index contributed by atoms with van der Waals surface area (Å²) in [4.78, 5) is 2.41. The highest BCUT2D eigenvalue weighted by molar-refractivity contribution is 5.49. The van der Waals surface area contributed by atoms with Gasteiger partial charge in [-0.05, 0) is 41.8 Å². The molecule has 3 heteroatoms. The molecule has 0 amide bonds. The van der Waals surface area contributed by atoms with Crippen molar-refractivity contribution >= 4 is 5.69 Å². The zero-order valence-electron chi connectivity index (χ0n) is 11.8. The second-order valence-electron chi connectivity index (χ2n) is 5.35. The molecule has 2 aromatic rings. The van der Waals surface area contributed by atoms with Crippen molar-refractivity contribution in [1.29, 1.82) is 0 Å². The van der Waals surface area contributed by atoms with E-state index < -0.39 is 0 Å². The molecule has 0 spiro atoms. The van der Waals surface area contributed by atoms with Crippen LogP contribution in [0.5, 0.6) is 5.75 Å². The van der Waals surface area contributed by atoms with E-state index in [9.17, 15) is 0 Å². The molecule has 0 atom stereocenters. The molecule has 3 rings (SSSR count). The third-order valence-electron chi connectivity index (χ3n) is 3.82. The van der Waals surface area contributed by atoms with E-state index in [0.717, 1.165) is 36.6 Å². The van der Waals surface area contributed by atoms with Crippen LogP contribution in [0.2, 0.25) is 0 Å². The molecule has 0 fully saturated rings. The maximum absolute atomic E-state index is 5.81. The summed E-state index contributed by atoms with van der Waals surface area (Å²) < 4.78 is 5.81. The van der Waals surface area contributed by atoms with Crippen LogP contribution in [0, 0.1) is 6.92 Å². The lowest BCUT2D eigenvalue weighted by molar-refractivity contribution is 0.211. The predicted octanol–water partition coefficient (Wildman–Crippen LogP) is 2.97. The number of benzene rings is 2. The lowest BCUT2D eigenvalue weighted by atomic mass is 10.1. The lowest BCUT2D eigenvalue weighted by Gasteiger charge is -2.15. The van der Waals surface area contributed by atoms with Crippen molar-refractivity contribution in [3.63, 3.8) is 0 Å². The zero-order valence-corrected chi connectivity index (χ0v) is 11.8. The largest absolute Gasteiger partial charge is 0.492 e. The second kappa shape index (κ2) is 5.55. The molecule has 1 aliphatic heterocycles. The van der Waals surface area contributed by atoms with E-state index in [0.29, 0.717) is 6.61 Å². The molecule has 1 heterocycles. The number of aryl methyl sites for hydroxylation is 1. The Morgan fingerprint density at radius 3 is 2.45 bits per heavy atom. The van der Waals surface area contributed by atoms with Crippen molar-refractivity contribution in [3.05, 3.63) is 59.2 Å². The maximum atomic E-state index is 5.81. The Balaban J connectivity index is 1.51. The van der Waals surface area contributed by atoms with Gasteiger partial charge in [-0.25, -0.2) is 0 Å². The highest BCUT2D eigenvalue weighted by atomic mass is 16.5. The Morgan fingerprint density at radius 2 is 1.80 bits per heavy atom. The molecule has 0 saturated carbocycles. The Hall–Kier alpha value is -2.00. The predicted molar refractivity (Wildman–Crippen MR) is 81.6 cm³/mol. The third kappa shape index (κ3) is 2.78. The standard InChI is InChI=1S/C17H20N2O/c1-13-10-16(6-7-17(13)18)20-9-8-19-11-14-4-2-3-5-15(14)12-19/h2-7,10H,8-9,11-12,18H2,1H3. The first kappa shape index (κ1) is 13.0. The fourth-order valence-electron chi connectivity index (χ4n) is 2.59. The summed E-state index contributed by atoms with van der Waals surface area (Å²) in [5.41, 5.74) is 10.6. The molecule has 0 saturated heterocycles. The summed E-state index contributed by atoms with van der Waals surface area (Å²) >= 11 is 0. The van der Waals surface area contributed by atoms with Crippen LogP contribution in [-0.2, 0) is 13.1 Å². The molecule has 1 aliphatic rings. The van der Waals surface area contributed by atoms with Gasteiger partial charge in [0.05, 0.1) is 0 Å². The molecule has 104 valence electrons. The molecular weight excluding hydrogens is 248 g/mol. The fraction of sp³-hybridized carbons (Fsp3) is 0.294. The topological polar surface area (TPSA) is 38.5 Å². The number of nitrogen functional groups attached to an aromatic ring is 1. The smallest absolute Gasteiger partial charge is 0.119 e. The minimum atomic E-state index is 0.706. The summed E-state index contributed by atoms with van der Waals surface area (Å²) in [7, 11) is 0. The monoisotopic (exact) mass is 268 g/mol. The Morgan fingerprint density at radius 1 is 1.10 bits per heavy atom. The number of hydrogen-bond donors (Lipinski definition) is 1. The van der Waals surface area contributed by atoms with E-state index in [1.807, 2.05) is 25.1 Å². The van der Waals surface area contributed by atoms with E-state index in [1.165, 1.54) is 11.1 Å². The second-order valence-corrected chi connectivity index (χ2v) is 5.35. The molecule has 2 aromatic carbocycles. The number of fused-ring (bicyclic) bond motifs is 1. The highest BCUT2D eigenvalue weighted by Gasteiger charge is 2.17. The average Bonchev–Trinajstić information content (AvgIpc) is 2.85. The number of hydrogen-bond acceptors (Lipinski definition) is 3. The molecule has 3 nitrogen and oxygen atoms in total. The zero-order chi connectivity index (χ0) is 13.9. The van der Waals surface area contributed by atoms with E-state index in [1.54, 1.807) is 0 Å². The van der Waals surface area contributed by atoms with Crippen molar-refractivity contribution in [2.24, 2.45) is 0 Å². The first-order valence-electron chi connectivity index (χ1n) is 7.00. The van der Waals surface area contributed by atoms with Gasteiger partial charge in [-0.15, -0.1) is 0 Å². The quantitative estimate of drug-likeness (QED) is 0.866. The highest BCUT2D eigenvalue weighted by Crippen LogP contribution is 2.22. The van der Waals surface area contributed by atoms with Crippen molar-refractivity contribution < 1.29 is 4.74 Å². The van der Waals surface area contributed by atoms with Gasteiger partial charge in [-0.2, -0.15) is 0 Å². The van der Waals surface area contributed by atoms with Gasteiger partial charge in [0, 0.05) is 25.3 Å². The van der Waals surface area contributed by atoms with Crippen LogP contribution in [0.25, 0.3) is 0 Å². The molecule has 20 heavy (non-hydrogen) atoms. The van der Waals surface area contributed by atoms with Crippen molar-refractivity contribution in [3.8, 4) is 5.75 Å². The first-order chi connectivity index (χ1) is 9.72. The molecule has 0 aromatic heterocycles. The number of rotatable bonds is 4. The van der Waals surface area contributed by atoms with E-state index >= 15 is 0 Å². The van der Waals surface area contributed by atoms with E-state index in [-0.39, 0.29) is 0 Å². The van der Waals surface area contributed by atoms with Gasteiger partial charge in [-0.3, -0.25) is 4.90 Å². The molecule has 2 N–H and O–H groups in total. The number of anilines is 1. The maximum Gasteiger partial charge on any atom is 0.119 e. The van der Waals surface area contributed by atoms with Gasteiger partial charge in [0.15, 0.2) is 0 Å². The SMILES string of the molecule is Cc1cc(OCCN2Cc3ccccc3C2)ccc1N. The van der Waals surface area contributed by atoms with Crippen LogP contribution < -0.4 is 10.5 Å². The van der Waals surface area contributed by atoms with Gasteiger partial charge in [0.25, 0.3) is 0 Å². The van der Waals surface area contributed by atoms with Crippen LogP contribution in [0.3, 0.4) is 0 Å². The summed E-state index contributed by atoms with van der Waals surface area (Å²) in [6.07, 6.45) is 0. The first-order valence-corrected chi connectivity index (χ1v) is 7.00. The van der Waals surface area contributed by atoms with Crippen LogP contribution in [0.4, 0.5) is 5.69 Å². The van der Waals surface area contributed by atoms with Crippen LogP contribution in [-0.4, -0.2) is 18.1 Å². The molecule has 0 unspecified atom stereocenters. The van der Waals surface area contributed by atoms with Crippen LogP contribution >= 0.6 is 0 Å². The summed E-state index contributed by atoms with van der Waals surface area (Å²) in [6, 6.07) is 14.5. The fourth-order valence-corrected chi connectivity index (χ4v) is 2.59. The molecule has 0 bridgehead atoms. The number of nitrogens with zero attached hydrogens (tertiary/aromatic N) is 1. The minimum absolute atomic E-state index is 0.706. The third-order valence-corrected chi connectivity index (χ3v) is 3.82. The molecule has 0 aliphatic carbocycles. The number of ether oxygens (including phenoxy) is 1. The Labute approximate surface area is 120 Å². The average molecular weight is 268 g/mol. The van der Waals surface area contributed by atoms with Crippen molar-refractivity contribution in [1.82, 2.24) is 4.90 Å². The normalized spacial score (nSPS) is 14.2. The van der Waals surface area contributed by atoms with Crippen molar-refractivity contribution in [2.75, 3.05) is 18.9 Å². The summed E-state index contributed by atoms with van der Waals surface area (Å²) in [5.74, 6) is 0.897. The van der Waals surface area contributed by atoms with E-state index in [4.69, 9.17) is 10.5 Å². The van der Waals surface area contributed by atoms with Gasteiger partial charge < -0.3 is 10.5 Å². The number of nitrogens with two attached hydrogens (primary N) is 1. The molecule has 0 radical (unpaired) electrons. The van der Waals surface area contributed by atoms with E-state index in [2.05, 4.69) is 29.2 Å². The lowest BCUT2D eigenvalue weighted by Crippen LogP contribution is -2.22. The van der Waals surface area contributed by atoms with Crippen LogP contribution in [0.15, 0.2) is 42.5 Å². The summed E-state index contributed by atoms with van der Waals surface area (Å²) in [6.45, 7) is 5.70. The van der Waals surface area contributed by atoms with Crippen molar-refractivity contribution in [2.45, 2.75) is 20.0 Å². The van der Waals surface area contributed by atoms with Gasteiger partial charge in [0.1, 0.15) is 12.4 Å². The minimum Gasteiger partial charge on any atom is -0.492 e. The van der Waals surface area contributed by atoms with Crippen LogP contribution in [0.1, 0.15) is 16.7 Å². The molecular formula is C17H20N2O. The Bertz CT molecular complexity index is 585.